The van der Waals surface area contributed by atoms with Gasteiger partial charge in [-0.25, -0.2) is 0 Å². The number of hydrogen-bond donors (Lipinski definition) is 0. The molecule has 0 unspecified atom stereocenters. The molecule has 1 atom stereocenters. The van der Waals surface area contributed by atoms with Gasteiger partial charge in [0.05, 0.1) is 7.11 Å². The first-order chi connectivity index (χ1) is 11.8. The highest BCUT2D eigenvalue weighted by Gasteiger charge is 2.33. The van der Waals surface area contributed by atoms with Crippen LogP contribution in [0.1, 0.15) is 27.0 Å². The molecule has 4 rings (SSSR count). The van der Waals surface area contributed by atoms with Crippen LogP contribution in [0.25, 0.3) is 0 Å². The monoisotopic (exact) mass is 338 g/mol. The Hall–Kier alpha value is -2.53. The molecule has 0 saturated heterocycles. The summed E-state index contributed by atoms with van der Waals surface area (Å²) in [6.07, 6.45) is 2.09. The van der Waals surface area contributed by atoms with E-state index in [0.717, 1.165) is 12.3 Å². The molecule has 122 valence electrons. The van der Waals surface area contributed by atoms with Crippen LogP contribution in [-0.2, 0) is 6.54 Å². The van der Waals surface area contributed by atoms with Gasteiger partial charge in [0.15, 0.2) is 0 Å². The lowest BCUT2D eigenvalue weighted by Crippen LogP contribution is -2.42. The van der Waals surface area contributed by atoms with Crippen molar-refractivity contribution in [3.05, 3.63) is 76.2 Å². The smallest absolute Gasteiger partial charge is 0.254 e. The quantitative estimate of drug-likeness (QED) is 0.728. The van der Waals surface area contributed by atoms with Gasteiger partial charge in [-0.2, -0.15) is 0 Å². The topological polar surface area (TPSA) is 34.5 Å². The molecule has 1 amide bonds. The summed E-state index contributed by atoms with van der Waals surface area (Å²) < 4.78 is 7.42. The van der Waals surface area contributed by atoms with Gasteiger partial charge in [0.1, 0.15) is 11.8 Å². The molecule has 2 aromatic heterocycles. The summed E-state index contributed by atoms with van der Waals surface area (Å²) >= 11 is 1.69. The van der Waals surface area contributed by atoms with E-state index < -0.39 is 0 Å². The Morgan fingerprint density at radius 3 is 2.67 bits per heavy atom. The van der Waals surface area contributed by atoms with Crippen LogP contribution in [0.5, 0.6) is 5.75 Å². The fourth-order valence-corrected chi connectivity index (χ4v) is 4.10. The normalized spacial score (nSPS) is 16.7. The molecule has 1 aliphatic rings. The lowest BCUT2D eigenvalue weighted by atomic mass is 10.1. The van der Waals surface area contributed by atoms with Gasteiger partial charge in [-0.15, -0.1) is 11.3 Å². The third-order valence-electron chi connectivity index (χ3n) is 4.45. The van der Waals surface area contributed by atoms with Gasteiger partial charge in [-0.1, -0.05) is 6.07 Å². The molecule has 0 saturated carbocycles. The number of aromatic nitrogens is 1. The van der Waals surface area contributed by atoms with E-state index in [9.17, 15) is 4.79 Å². The predicted octanol–water partition coefficient (Wildman–Crippen LogP) is 3.80. The maximum Gasteiger partial charge on any atom is 0.254 e. The van der Waals surface area contributed by atoms with Gasteiger partial charge in [0.25, 0.3) is 5.91 Å². The van der Waals surface area contributed by atoms with Crippen molar-refractivity contribution >= 4 is 17.2 Å². The number of amides is 1. The fourth-order valence-electron chi connectivity index (χ4n) is 3.25. The second-order valence-corrected chi connectivity index (χ2v) is 6.75. The van der Waals surface area contributed by atoms with Gasteiger partial charge in [-0.05, 0) is 47.8 Å². The van der Waals surface area contributed by atoms with Crippen molar-refractivity contribution in [3.63, 3.8) is 0 Å². The van der Waals surface area contributed by atoms with E-state index in [1.807, 2.05) is 35.2 Å². The molecule has 0 spiro atoms. The Morgan fingerprint density at radius 1 is 1.12 bits per heavy atom. The fraction of sp³-hybridized carbons (Fsp3) is 0.211. The minimum atomic E-state index is -0.0247. The van der Waals surface area contributed by atoms with Crippen molar-refractivity contribution in [1.82, 2.24) is 9.47 Å². The Morgan fingerprint density at radius 2 is 1.96 bits per heavy atom. The Labute approximate surface area is 144 Å². The minimum Gasteiger partial charge on any atom is -0.497 e. The highest BCUT2D eigenvalue weighted by atomic mass is 32.1. The van der Waals surface area contributed by atoms with E-state index in [1.165, 1.54) is 10.6 Å². The third-order valence-corrected chi connectivity index (χ3v) is 5.37. The van der Waals surface area contributed by atoms with Crippen molar-refractivity contribution in [2.75, 3.05) is 13.7 Å². The van der Waals surface area contributed by atoms with Crippen molar-refractivity contribution in [3.8, 4) is 5.75 Å². The van der Waals surface area contributed by atoms with Gasteiger partial charge >= 0.3 is 0 Å². The second-order valence-electron chi connectivity index (χ2n) is 5.77. The predicted molar refractivity (Wildman–Crippen MR) is 94.6 cm³/mol. The van der Waals surface area contributed by atoms with Crippen LogP contribution >= 0.6 is 11.3 Å². The zero-order chi connectivity index (χ0) is 16.5. The number of thiophene rings is 1. The van der Waals surface area contributed by atoms with Crippen LogP contribution in [0.2, 0.25) is 0 Å². The van der Waals surface area contributed by atoms with Gasteiger partial charge in [-0.3, -0.25) is 4.79 Å². The molecule has 1 aliphatic heterocycles. The molecule has 3 heterocycles. The molecule has 3 aromatic rings. The molecule has 0 fully saturated rings. The van der Waals surface area contributed by atoms with E-state index in [-0.39, 0.29) is 11.9 Å². The molecule has 0 radical (unpaired) electrons. The van der Waals surface area contributed by atoms with Crippen molar-refractivity contribution in [2.45, 2.75) is 12.6 Å². The first kappa shape index (κ1) is 15.0. The number of methoxy groups -OCH3 is 1. The zero-order valence-corrected chi connectivity index (χ0v) is 14.2. The van der Waals surface area contributed by atoms with E-state index in [1.54, 1.807) is 18.4 Å². The van der Waals surface area contributed by atoms with Crippen LogP contribution in [0.4, 0.5) is 0 Å². The Bertz CT molecular complexity index is 837. The number of rotatable bonds is 3. The average Bonchev–Trinajstić information content (AvgIpc) is 3.31. The standard InChI is InChI=1S/C19H18N2O2S/c1-23-15-8-6-14(7-9-15)19(22)21-12-11-20-10-2-4-16(20)18(21)17-5-3-13-24-17/h2-10,13,18H,11-12H2,1H3/t18-/m1/s1. The van der Waals surface area contributed by atoms with E-state index in [0.29, 0.717) is 12.1 Å². The van der Waals surface area contributed by atoms with Crippen LogP contribution < -0.4 is 4.74 Å². The summed E-state index contributed by atoms with van der Waals surface area (Å²) in [7, 11) is 1.63. The molecule has 24 heavy (non-hydrogen) atoms. The third kappa shape index (κ3) is 2.51. The largest absolute Gasteiger partial charge is 0.497 e. The first-order valence-electron chi connectivity index (χ1n) is 7.91. The maximum atomic E-state index is 13.1. The molecule has 1 aromatic carbocycles. The summed E-state index contributed by atoms with van der Waals surface area (Å²) in [5, 5.41) is 2.06. The summed E-state index contributed by atoms with van der Waals surface area (Å²) in [5.74, 6) is 0.817. The first-order valence-corrected chi connectivity index (χ1v) is 8.79. The van der Waals surface area contributed by atoms with Crippen LogP contribution in [0.15, 0.2) is 60.1 Å². The molecular weight excluding hydrogens is 320 g/mol. The van der Waals surface area contributed by atoms with Crippen molar-refractivity contribution < 1.29 is 9.53 Å². The average molecular weight is 338 g/mol. The molecular formula is C19H18N2O2S. The van der Waals surface area contributed by atoms with Gasteiger partial charge < -0.3 is 14.2 Å². The molecule has 4 nitrogen and oxygen atoms in total. The van der Waals surface area contributed by atoms with E-state index in [2.05, 4.69) is 34.3 Å². The van der Waals surface area contributed by atoms with E-state index in [4.69, 9.17) is 4.74 Å². The second kappa shape index (κ2) is 6.17. The summed E-state index contributed by atoms with van der Waals surface area (Å²) in [6.45, 7) is 1.53. The molecule has 0 bridgehead atoms. The Balaban J connectivity index is 1.71. The number of ether oxygens (including phenoxy) is 1. The summed E-state index contributed by atoms with van der Waals surface area (Å²) in [5.41, 5.74) is 1.86. The van der Waals surface area contributed by atoms with E-state index >= 15 is 0 Å². The van der Waals surface area contributed by atoms with Crippen LogP contribution in [-0.4, -0.2) is 29.0 Å². The van der Waals surface area contributed by atoms with Crippen molar-refractivity contribution in [2.24, 2.45) is 0 Å². The number of carbonyl (C=O) groups is 1. The molecule has 5 heteroatoms. The highest BCUT2D eigenvalue weighted by molar-refractivity contribution is 7.10. The Kier molecular flexibility index (Phi) is 3.86. The van der Waals surface area contributed by atoms with Gasteiger partial charge in [0.2, 0.25) is 0 Å². The van der Waals surface area contributed by atoms with Gasteiger partial charge in [0, 0.05) is 35.4 Å². The number of hydrogen-bond acceptors (Lipinski definition) is 3. The number of carbonyl (C=O) groups excluding carboxylic acids is 1. The van der Waals surface area contributed by atoms with Crippen LogP contribution in [0.3, 0.4) is 0 Å². The highest BCUT2D eigenvalue weighted by Crippen LogP contribution is 2.35. The SMILES string of the molecule is COc1ccc(C(=O)N2CCn3cccc3[C@@H]2c2cccs2)cc1. The lowest BCUT2D eigenvalue weighted by Gasteiger charge is -2.36. The number of fused-ring (bicyclic) bond motifs is 1. The lowest BCUT2D eigenvalue weighted by molar-refractivity contribution is 0.0667. The minimum absolute atomic E-state index is 0.0247. The molecule has 0 N–H and O–H groups in total. The summed E-state index contributed by atoms with van der Waals surface area (Å²) in [4.78, 5) is 16.3. The molecule has 0 aliphatic carbocycles. The van der Waals surface area contributed by atoms with Crippen LogP contribution in [0, 0.1) is 0 Å². The summed E-state index contributed by atoms with van der Waals surface area (Å²) in [6, 6.07) is 15.6. The van der Waals surface area contributed by atoms with Crippen molar-refractivity contribution in [1.29, 1.82) is 0 Å². The number of benzene rings is 1. The maximum absolute atomic E-state index is 13.1. The number of nitrogens with zero attached hydrogens (tertiary/aromatic N) is 2. The zero-order valence-electron chi connectivity index (χ0n) is 13.4.